The molecule has 94 valence electrons. The van der Waals surface area contributed by atoms with E-state index in [0.717, 1.165) is 23.2 Å². The summed E-state index contributed by atoms with van der Waals surface area (Å²) in [5.74, 6) is 0. The fraction of sp³-hybridized carbons (Fsp3) is 0.400. The van der Waals surface area contributed by atoms with E-state index in [2.05, 4.69) is 36.4 Å². The Balaban J connectivity index is 2.11. The van der Waals surface area contributed by atoms with E-state index < -0.39 is 0 Å². The first kappa shape index (κ1) is 11.5. The zero-order valence-corrected chi connectivity index (χ0v) is 11.0. The van der Waals surface area contributed by atoms with Crippen molar-refractivity contribution in [2.45, 2.75) is 0 Å². The van der Waals surface area contributed by atoms with Gasteiger partial charge in [0.25, 0.3) is 0 Å². The van der Waals surface area contributed by atoms with Crippen molar-refractivity contribution in [3.8, 4) is 0 Å². The topological polar surface area (TPSA) is 78.1 Å². The number of fused-ring (bicyclic) bond motifs is 1. The summed E-state index contributed by atoms with van der Waals surface area (Å²) in [7, 11) is 0. The Bertz CT molecular complexity index is 588. The molecule has 0 unspecified atom stereocenters. The third kappa shape index (κ3) is 1.97. The molecule has 1 aliphatic heterocycles. The van der Waals surface area contributed by atoms with E-state index in [1.807, 2.05) is 6.07 Å². The number of nitrogens with zero attached hydrogens (tertiary/aromatic N) is 5. The lowest BCUT2D eigenvalue weighted by Crippen LogP contribution is -2.37. The maximum Gasteiger partial charge on any atom is 0.204 e. The minimum absolute atomic E-state index is 0.404. The number of halogens is 1. The van der Waals surface area contributed by atoms with Gasteiger partial charge in [0.1, 0.15) is 0 Å². The Labute approximate surface area is 111 Å². The summed E-state index contributed by atoms with van der Waals surface area (Å²) in [5.41, 5.74) is 1.87. The molecule has 0 saturated carbocycles. The average molecular weight is 312 g/mol. The normalized spacial score (nSPS) is 16.2. The van der Waals surface area contributed by atoms with Gasteiger partial charge in [-0.1, -0.05) is 0 Å². The number of benzene rings is 1. The molecule has 1 saturated heterocycles. The van der Waals surface area contributed by atoms with Gasteiger partial charge in [0.05, 0.1) is 17.7 Å². The van der Waals surface area contributed by atoms with Gasteiger partial charge in [-0.05, 0) is 27.1 Å². The zero-order valence-electron chi connectivity index (χ0n) is 9.41. The molecule has 7 nitrogen and oxygen atoms in total. The van der Waals surface area contributed by atoms with Crippen molar-refractivity contribution in [1.82, 2.24) is 15.5 Å². The Kier molecular flexibility index (Phi) is 2.96. The SMILES string of the molecule is [O-][n+]1nnnc2c(Br)cc(N3CCOCC3)cc21. The monoisotopic (exact) mass is 311 g/mol. The molecule has 8 heteroatoms. The van der Waals surface area contributed by atoms with Gasteiger partial charge in [0.2, 0.25) is 5.21 Å². The van der Waals surface area contributed by atoms with Crippen LogP contribution >= 0.6 is 15.9 Å². The van der Waals surface area contributed by atoms with Crippen molar-refractivity contribution >= 4 is 32.7 Å². The van der Waals surface area contributed by atoms with Gasteiger partial charge in [0, 0.05) is 24.8 Å². The van der Waals surface area contributed by atoms with E-state index in [0.29, 0.717) is 29.1 Å². The predicted molar refractivity (Wildman–Crippen MR) is 67.0 cm³/mol. The molecule has 0 amide bonds. The molecule has 1 fully saturated rings. The highest BCUT2D eigenvalue weighted by Crippen LogP contribution is 2.27. The van der Waals surface area contributed by atoms with Crippen molar-refractivity contribution in [1.29, 1.82) is 0 Å². The Morgan fingerprint density at radius 1 is 1.33 bits per heavy atom. The molecule has 18 heavy (non-hydrogen) atoms. The third-order valence-electron chi connectivity index (χ3n) is 2.88. The molecule has 1 aliphatic rings. The van der Waals surface area contributed by atoms with E-state index in [1.165, 1.54) is 0 Å². The van der Waals surface area contributed by atoms with E-state index in [1.54, 1.807) is 6.07 Å². The molecule has 2 heterocycles. The van der Waals surface area contributed by atoms with E-state index in [-0.39, 0.29) is 0 Å². The molecule has 0 radical (unpaired) electrons. The molecule has 1 aromatic heterocycles. The maximum atomic E-state index is 11.6. The van der Waals surface area contributed by atoms with Gasteiger partial charge in [-0.3, -0.25) is 0 Å². The van der Waals surface area contributed by atoms with Gasteiger partial charge in [-0.2, -0.15) is 0 Å². The average Bonchev–Trinajstić information content (AvgIpc) is 2.41. The largest absolute Gasteiger partial charge is 0.691 e. The molecule has 0 spiro atoms. The van der Waals surface area contributed by atoms with Crippen molar-refractivity contribution < 1.29 is 9.58 Å². The van der Waals surface area contributed by atoms with E-state index >= 15 is 0 Å². The summed E-state index contributed by atoms with van der Waals surface area (Å²) < 4.78 is 6.04. The number of ether oxygens (including phenoxy) is 1. The van der Waals surface area contributed by atoms with Crippen LogP contribution in [0.1, 0.15) is 0 Å². The van der Waals surface area contributed by atoms with Crippen molar-refractivity contribution in [3.63, 3.8) is 0 Å². The van der Waals surface area contributed by atoms with Crippen molar-refractivity contribution in [3.05, 3.63) is 21.8 Å². The van der Waals surface area contributed by atoms with Crippen LogP contribution in [0.3, 0.4) is 0 Å². The van der Waals surface area contributed by atoms with Crippen LogP contribution < -0.4 is 9.75 Å². The van der Waals surface area contributed by atoms with Crippen LogP contribution in [-0.2, 0) is 4.74 Å². The highest BCUT2D eigenvalue weighted by molar-refractivity contribution is 9.10. The molecule has 0 atom stereocenters. The standard InChI is InChI=1S/C10H10BrN5O2/c11-8-5-7(15-1-3-18-4-2-15)6-9-10(8)12-13-14-16(9)17/h5-6H,1-4H2. The minimum Gasteiger partial charge on any atom is -0.691 e. The number of rotatable bonds is 1. The second-order valence-electron chi connectivity index (χ2n) is 3.95. The highest BCUT2D eigenvalue weighted by atomic mass is 79.9. The number of anilines is 1. The first-order valence-electron chi connectivity index (χ1n) is 5.51. The second kappa shape index (κ2) is 4.62. The molecular weight excluding hydrogens is 302 g/mol. The number of morpholine rings is 1. The fourth-order valence-electron chi connectivity index (χ4n) is 1.97. The summed E-state index contributed by atoms with van der Waals surface area (Å²) in [6, 6.07) is 3.71. The molecule has 2 aromatic rings. The lowest BCUT2D eigenvalue weighted by molar-refractivity contribution is -0.649. The van der Waals surface area contributed by atoms with Crippen LogP contribution in [0.5, 0.6) is 0 Å². The van der Waals surface area contributed by atoms with Crippen molar-refractivity contribution in [2.75, 3.05) is 31.2 Å². The lowest BCUT2D eigenvalue weighted by atomic mass is 10.2. The van der Waals surface area contributed by atoms with E-state index in [9.17, 15) is 5.21 Å². The van der Waals surface area contributed by atoms with Crippen LogP contribution in [0, 0.1) is 5.21 Å². The van der Waals surface area contributed by atoms with Crippen LogP contribution in [0.4, 0.5) is 5.69 Å². The second-order valence-corrected chi connectivity index (χ2v) is 4.80. The van der Waals surface area contributed by atoms with Crippen molar-refractivity contribution in [2.24, 2.45) is 0 Å². The summed E-state index contributed by atoms with van der Waals surface area (Å²) in [6.45, 7) is 3.01. The van der Waals surface area contributed by atoms with Crippen LogP contribution in [-0.4, -0.2) is 41.8 Å². The summed E-state index contributed by atoms with van der Waals surface area (Å²) >= 11 is 3.41. The van der Waals surface area contributed by atoms with Crippen LogP contribution in [0.25, 0.3) is 11.0 Å². The minimum atomic E-state index is 0.404. The third-order valence-corrected chi connectivity index (χ3v) is 3.48. The molecule has 3 rings (SSSR count). The smallest absolute Gasteiger partial charge is 0.204 e. The fourth-order valence-corrected chi connectivity index (χ4v) is 2.49. The number of hydrogen-bond acceptors (Lipinski definition) is 6. The Hall–Kier alpha value is -1.54. The molecule has 0 aliphatic carbocycles. The highest BCUT2D eigenvalue weighted by Gasteiger charge is 2.16. The molecule has 0 N–H and O–H groups in total. The first-order valence-corrected chi connectivity index (χ1v) is 6.30. The molecular formula is C10H10BrN5O2. The van der Waals surface area contributed by atoms with Gasteiger partial charge >= 0.3 is 0 Å². The summed E-state index contributed by atoms with van der Waals surface area (Å²) in [6.07, 6.45) is 0. The maximum absolute atomic E-state index is 11.6. The van der Waals surface area contributed by atoms with Gasteiger partial charge < -0.3 is 14.8 Å². The predicted octanol–water partition coefficient (Wildman–Crippen LogP) is 0.257. The Morgan fingerprint density at radius 2 is 2.11 bits per heavy atom. The van der Waals surface area contributed by atoms with Crippen LogP contribution in [0.2, 0.25) is 0 Å². The Morgan fingerprint density at radius 3 is 2.89 bits per heavy atom. The molecule has 0 bridgehead atoms. The lowest BCUT2D eigenvalue weighted by Gasteiger charge is -2.29. The summed E-state index contributed by atoms with van der Waals surface area (Å²) in [5, 5.41) is 22.2. The first-order chi connectivity index (χ1) is 8.75. The van der Waals surface area contributed by atoms with Gasteiger partial charge in [0.15, 0.2) is 16.2 Å². The quantitative estimate of drug-likeness (QED) is 0.555. The molecule has 1 aromatic carbocycles. The summed E-state index contributed by atoms with van der Waals surface area (Å²) in [4.78, 5) is 2.64. The van der Waals surface area contributed by atoms with Gasteiger partial charge in [-0.25, -0.2) is 0 Å². The number of hydrogen-bond donors (Lipinski definition) is 0. The van der Waals surface area contributed by atoms with Gasteiger partial charge in [-0.15, -0.1) is 4.85 Å². The number of aromatic nitrogens is 4. The van der Waals surface area contributed by atoms with Crippen LogP contribution in [0.15, 0.2) is 16.6 Å². The zero-order chi connectivity index (χ0) is 12.5. The van der Waals surface area contributed by atoms with E-state index in [4.69, 9.17) is 4.74 Å².